The smallest absolute Gasteiger partial charge is 0.405 e. The van der Waals surface area contributed by atoms with Crippen LogP contribution in [0.5, 0.6) is 0 Å². The number of aromatic nitrogens is 3. The number of aliphatic hydroxyl groups excluding tert-OH is 5. The van der Waals surface area contributed by atoms with Crippen molar-refractivity contribution < 1.29 is 63.7 Å². The molecule has 308 valence electrons. The third kappa shape index (κ3) is 10.4. The molecule has 1 aromatic rings. The Morgan fingerprint density at radius 1 is 1.07 bits per heavy atom. The summed E-state index contributed by atoms with van der Waals surface area (Å²) in [5.41, 5.74) is 6.05. The Balaban J connectivity index is 1.67. The number of amides is 2. The molecule has 19 nitrogen and oxygen atoms in total. The van der Waals surface area contributed by atoms with Crippen LogP contribution >= 0.6 is 0 Å². The summed E-state index contributed by atoms with van der Waals surface area (Å²) in [7, 11) is 2.84. The predicted octanol–water partition coefficient (Wildman–Crippen LogP) is -0.884. The normalized spacial score (nSPS) is 35.1. The van der Waals surface area contributed by atoms with E-state index in [0.717, 1.165) is 10.8 Å². The van der Waals surface area contributed by atoms with Gasteiger partial charge in [-0.2, -0.15) is 0 Å². The van der Waals surface area contributed by atoms with E-state index < -0.39 is 91.2 Å². The summed E-state index contributed by atoms with van der Waals surface area (Å²) in [6, 6.07) is 0. The molecule has 4 rings (SSSR count). The molecule has 1 aliphatic carbocycles. The first-order chi connectivity index (χ1) is 26.5. The Kier molecular flexibility index (Phi) is 15.4. The fourth-order valence-electron chi connectivity index (χ4n) is 6.78. The standard InChI is InChI=1S/C37H52N6O13/c1-17-10-22-28(39-14-21-15-43(42-41-21)36-33(50)32(49)31(48)27(16-44)55-36)24(45)13-23(30(22)47)40-35(51)18(2)8-7-9-25(53-5)34(56-37(38)52)20(4)12-19(3)29(46)26(11-17)54-6/h7-9,12-13,15,17,19,25-27,29,31-34,36,39,44,46,48-50H,10-11,14,16H2,1-6H3,(H2,38,52)(H,40,51)/b9-7-,18-8+,20-12+/t17-,19+,25+,26+,27-,29-,31+,32+,33-,34+,36-/m1/s1. The Morgan fingerprint density at radius 3 is 2.43 bits per heavy atom. The molecule has 11 atom stereocenters. The molecule has 9 N–H and O–H groups in total. The van der Waals surface area contributed by atoms with Gasteiger partial charge in [-0.15, -0.1) is 5.10 Å². The van der Waals surface area contributed by atoms with E-state index >= 15 is 0 Å². The van der Waals surface area contributed by atoms with Crippen molar-refractivity contribution in [3.05, 3.63) is 70.4 Å². The average molecular weight is 789 g/mol. The van der Waals surface area contributed by atoms with Gasteiger partial charge in [-0.1, -0.05) is 43.4 Å². The average Bonchev–Trinajstić information content (AvgIpc) is 3.63. The van der Waals surface area contributed by atoms with Crippen LogP contribution in [0.25, 0.3) is 0 Å². The first-order valence-electron chi connectivity index (χ1n) is 18.0. The molecule has 1 fully saturated rings. The second kappa shape index (κ2) is 19.5. The number of nitrogens with zero attached hydrogens (tertiary/aromatic N) is 3. The summed E-state index contributed by atoms with van der Waals surface area (Å²) in [6.45, 7) is 6.00. The maximum Gasteiger partial charge on any atom is 0.405 e. The van der Waals surface area contributed by atoms with E-state index in [4.69, 9.17) is 24.7 Å². The molecule has 0 spiro atoms. The number of ketones is 2. The fraction of sp³-hybridized carbons (Fsp3) is 0.568. The lowest BCUT2D eigenvalue weighted by Gasteiger charge is -2.39. The number of Topliss-reactive ketones (excluding diaryl/α,β-unsaturated/α-hetero) is 1. The summed E-state index contributed by atoms with van der Waals surface area (Å²) < 4.78 is 23.3. The highest BCUT2D eigenvalue weighted by Crippen LogP contribution is 2.30. The van der Waals surface area contributed by atoms with Crippen LogP contribution < -0.4 is 16.4 Å². The highest BCUT2D eigenvalue weighted by molar-refractivity contribution is 6.23. The number of allylic oxidation sites excluding steroid dienone is 4. The van der Waals surface area contributed by atoms with E-state index in [1.807, 2.05) is 6.92 Å². The van der Waals surface area contributed by atoms with Crippen molar-refractivity contribution in [1.82, 2.24) is 25.6 Å². The molecular formula is C37H52N6O13. The van der Waals surface area contributed by atoms with Crippen LogP contribution in [0.1, 0.15) is 52.5 Å². The molecular weight excluding hydrogens is 736 g/mol. The van der Waals surface area contributed by atoms with Crippen LogP contribution in [0.15, 0.2) is 64.7 Å². The number of nitrogens with two attached hydrogens (primary N) is 1. The Morgan fingerprint density at radius 2 is 1.79 bits per heavy atom. The topological polar surface area (TPSA) is 287 Å². The first-order valence-corrected chi connectivity index (χ1v) is 18.0. The number of aliphatic hydroxyl groups is 5. The highest BCUT2D eigenvalue weighted by atomic mass is 16.6. The predicted molar refractivity (Wildman–Crippen MR) is 195 cm³/mol. The van der Waals surface area contributed by atoms with E-state index in [9.17, 15) is 44.7 Å². The lowest BCUT2D eigenvalue weighted by molar-refractivity contribution is -0.254. The van der Waals surface area contributed by atoms with Gasteiger partial charge in [0.1, 0.15) is 36.2 Å². The summed E-state index contributed by atoms with van der Waals surface area (Å²) in [6.07, 6.45) is -3.12. The molecule has 1 saturated heterocycles. The van der Waals surface area contributed by atoms with E-state index in [1.165, 1.54) is 39.5 Å². The molecule has 0 aromatic carbocycles. The molecule has 0 unspecified atom stereocenters. The van der Waals surface area contributed by atoms with E-state index in [1.54, 1.807) is 26.0 Å². The van der Waals surface area contributed by atoms with Gasteiger partial charge in [-0.25, -0.2) is 9.48 Å². The van der Waals surface area contributed by atoms with Crippen LogP contribution in [0.4, 0.5) is 4.79 Å². The van der Waals surface area contributed by atoms with Crippen LogP contribution in [-0.4, -0.2) is 134 Å². The van der Waals surface area contributed by atoms with Gasteiger partial charge in [0.2, 0.25) is 11.6 Å². The number of carbonyl (C=O) groups is 4. The first kappa shape index (κ1) is 44.1. The molecule has 0 saturated carbocycles. The number of methoxy groups -OCH3 is 2. The molecule has 2 amide bonds. The Hall–Kier alpha value is -4.60. The number of fused-ring (bicyclic) bond motifs is 2. The number of hydrogen-bond donors (Lipinski definition) is 8. The van der Waals surface area contributed by atoms with E-state index in [2.05, 4.69) is 20.9 Å². The summed E-state index contributed by atoms with van der Waals surface area (Å²) in [4.78, 5) is 52.8. The van der Waals surface area contributed by atoms with Gasteiger partial charge >= 0.3 is 6.09 Å². The molecule has 2 aliphatic heterocycles. The van der Waals surface area contributed by atoms with Crippen LogP contribution in [-0.2, 0) is 39.9 Å². The molecule has 3 aliphatic rings. The van der Waals surface area contributed by atoms with E-state index in [0.29, 0.717) is 5.57 Å². The molecule has 1 aromatic heterocycles. The summed E-state index contributed by atoms with van der Waals surface area (Å²) >= 11 is 0. The van der Waals surface area contributed by atoms with Gasteiger partial charge < -0.3 is 60.8 Å². The van der Waals surface area contributed by atoms with Crippen molar-refractivity contribution in [2.75, 3.05) is 20.8 Å². The minimum atomic E-state index is -1.64. The second-order valence-corrected chi connectivity index (χ2v) is 14.2. The number of nitrogens with one attached hydrogen (secondary N) is 2. The van der Waals surface area contributed by atoms with Gasteiger partial charge in [-0.3, -0.25) is 14.4 Å². The number of primary amides is 1. The van der Waals surface area contributed by atoms with Crippen molar-refractivity contribution in [2.45, 2.75) is 102 Å². The number of hydrogen-bond acceptors (Lipinski definition) is 16. The molecule has 0 radical (unpaired) electrons. The molecule has 2 bridgehead atoms. The van der Waals surface area contributed by atoms with Crippen LogP contribution in [0, 0.1) is 11.8 Å². The van der Waals surface area contributed by atoms with Crippen molar-refractivity contribution in [2.24, 2.45) is 17.6 Å². The van der Waals surface area contributed by atoms with Gasteiger partial charge in [0, 0.05) is 37.4 Å². The summed E-state index contributed by atoms with van der Waals surface area (Å²) in [5, 5.41) is 65.3. The minimum absolute atomic E-state index is 0.0229. The number of ether oxygens (including phenoxy) is 4. The number of carbonyl (C=O) groups excluding carboxylic acids is 4. The second-order valence-electron chi connectivity index (χ2n) is 14.2. The van der Waals surface area contributed by atoms with Gasteiger partial charge in [0.05, 0.1) is 43.0 Å². The summed E-state index contributed by atoms with van der Waals surface area (Å²) in [5.74, 6) is -2.80. The third-order valence-corrected chi connectivity index (χ3v) is 9.93. The zero-order valence-electron chi connectivity index (χ0n) is 32.1. The highest BCUT2D eigenvalue weighted by Gasteiger charge is 2.45. The van der Waals surface area contributed by atoms with Crippen molar-refractivity contribution in [1.29, 1.82) is 0 Å². The van der Waals surface area contributed by atoms with E-state index in [-0.39, 0.29) is 53.5 Å². The van der Waals surface area contributed by atoms with Crippen molar-refractivity contribution >= 4 is 23.6 Å². The minimum Gasteiger partial charge on any atom is -0.439 e. The largest absolute Gasteiger partial charge is 0.439 e. The quantitative estimate of drug-likeness (QED) is 0.117. The maximum atomic E-state index is 14.0. The third-order valence-electron chi connectivity index (χ3n) is 9.93. The van der Waals surface area contributed by atoms with Crippen molar-refractivity contribution in [3.63, 3.8) is 0 Å². The van der Waals surface area contributed by atoms with Gasteiger partial charge in [0.15, 0.2) is 12.3 Å². The Labute approximate surface area is 323 Å². The van der Waals surface area contributed by atoms with Crippen LogP contribution in [0.2, 0.25) is 0 Å². The molecule has 56 heavy (non-hydrogen) atoms. The van der Waals surface area contributed by atoms with Gasteiger partial charge in [0.25, 0.3) is 5.91 Å². The zero-order chi connectivity index (χ0) is 41.4. The maximum absolute atomic E-state index is 14.0. The van der Waals surface area contributed by atoms with Crippen LogP contribution in [0.3, 0.4) is 0 Å². The SMILES string of the molecule is CO[C@H]1/C=C\C=C(/C)C(=O)NC2=CC(=O)C(NCc3cn([C@@H]4O[C@H](CO)[C@H](O)[C@H](O)[C@H]4O)nn3)=C(C[C@@H](C)C[C@H](OC)[C@H](O)[C@@H](C)/C=C(\C)[C@@H]1OC(N)=O)C2=O. The lowest BCUT2D eigenvalue weighted by atomic mass is 9.85. The monoisotopic (exact) mass is 788 g/mol. The molecule has 19 heteroatoms. The molecule has 3 heterocycles. The zero-order valence-corrected chi connectivity index (χ0v) is 32.1. The lowest BCUT2D eigenvalue weighted by Crippen LogP contribution is -2.56. The van der Waals surface area contributed by atoms with Crippen molar-refractivity contribution in [3.8, 4) is 0 Å². The van der Waals surface area contributed by atoms with Gasteiger partial charge in [-0.05, 0) is 38.2 Å². The Bertz CT molecular complexity index is 1770. The number of rotatable bonds is 8. The fourth-order valence-corrected chi connectivity index (χ4v) is 6.78.